The number of hydrogen-bond donors (Lipinski definition) is 0. The van der Waals surface area contributed by atoms with Crippen molar-refractivity contribution in [3.8, 4) is 0 Å². The first-order valence-electron chi connectivity index (χ1n) is 4.21. The molecule has 3 nitrogen and oxygen atoms in total. The van der Waals surface area contributed by atoms with Crippen molar-refractivity contribution >= 4 is 5.97 Å². The van der Waals surface area contributed by atoms with Gasteiger partial charge in [0.25, 0.3) is 0 Å². The van der Waals surface area contributed by atoms with Gasteiger partial charge in [0, 0.05) is 49.6 Å². The van der Waals surface area contributed by atoms with Gasteiger partial charge in [0.2, 0.25) is 0 Å². The first kappa shape index (κ1) is 11.7. The van der Waals surface area contributed by atoms with E-state index in [-0.39, 0.29) is 50.0 Å². The molecule has 3 unspecified atom stereocenters. The Kier molecular flexibility index (Phi) is 3.97. The molecule has 0 amide bonds. The van der Waals surface area contributed by atoms with E-state index in [9.17, 15) is 4.79 Å². The van der Waals surface area contributed by atoms with Gasteiger partial charge < -0.3 is 10.1 Å². The second-order valence-electron chi connectivity index (χ2n) is 3.50. The minimum Gasteiger partial charge on any atom is -0.655 e. The molecule has 1 saturated heterocycles. The molecule has 0 aromatic heterocycles. The summed E-state index contributed by atoms with van der Waals surface area (Å²) in [5.74, 6) is 0.316. The van der Waals surface area contributed by atoms with Crippen LogP contribution in [-0.2, 0) is 9.53 Å². The Hall–Kier alpha value is 0.612. The number of carbonyl (C=O) groups is 1. The molecule has 1 aliphatic heterocycles. The van der Waals surface area contributed by atoms with Gasteiger partial charge in [-0.3, -0.25) is 0 Å². The van der Waals surface area contributed by atoms with Crippen molar-refractivity contribution in [1.29, 1.82) is 0 Å². The van der Waals surface area contributed by atoms with Crippen LogP contribution in [0.25, 0.3) is 5.32 Å². The Labute approximate surface area is 114 Å². The van der Waals surface area contributed by atoms with Gasteiger partial charge in [-0.1, -0.05) is 18.9 Å². The fourth-order valence-electron chi connectivity index (χ4n) is 1.80. The maximum Gasteiger partial charge on any atom is 0.333 e. The van der Waals surface area contributed by atoms with Gasteiger partial charge in [0.05, 0.1) is 7.11 Å². The van der Waals surface area contributed by atoms with Gasteiger partial charge in [0.15, 0.2) is 0 Å². The third-order valence-electron chi connectivity index (χ3n) is 2.55. The van der Waals surface area contributed by atoms with Crippen molar-refractivity contribution in [2.24, 2.45) is 5.92 Å². The quantitative estimate of drug-likeness (QED) is 0.497. The molecule has 1 heterocycles. The molecule has 1 fully saturated rings. The number of esters is 1. The van der Waals surface area contributed by atoms with Crippen LogP contribution in [0.5, 0.6) is 0 Å². The van der Waals surface area contributed by atoms with E-state index in [1.165, 1.54) is 7.11 Å². The van der Waals surface area contributed by atoms with Crippen molar-refractivity contribution in [3.63, 3.8) is 0 Å². The van der Waals surface area contributed by atoms with Gasteiger partial charge in [0.1, 0.15) is 0 Å². The molecule has 1 aliphatic carbocycles. The van der Waals surface area contributed by atoms with Crippen LogP contribution in [-0.4, -0.2) is 25.2 Å². The first-order valence-corrected chi connectivity index (χ1v) is 4.21. The van der Waals surface area contributed by atoms with E-state index in [0.29, 0.717) is 18.0 Å². The third-order valence-corrected chi connectivity index (χ3v) is 2.55. The number of ether oxygens (including phenoxy) is 1. The van der Waals surface area contributed by atoms with Crippen molar-refractivity contribution in [2.75, 3.05) is 7.11 Å². The summed E-state index contributed by atoms with van der Waals surface area (Å²) in [5, 5.41) is 4.32. The summed E-state index contributed by atoms with van der Waals surface area (Å²) in [4.78, 5) is 11.1. The smallest absolute Gasteiger partial charge is 0.333 e. The largest absolute Gasteiger partial charge is 0.655 e. The van der Waals surface area contributed by atoms with Crippen molar-refractivity contribution in [3.05, 3.63) is 17.0 Å². The zero-order valence-corrected chi connectivity index (χ0v) is 12.6. The monoisotopic (exact) mass is 393 g/mol. The predicted molar refractivity (Wildman–Crippen MR) is 44.8 cm³/mol. The number of methoxy groups -OCH3 is 1. The molecule has 2 rings (SSSR count). The Morgan fingerprint density at radius 3 is 2.92 bits per heavy atom. The van der Waals surface area contributed by atoms with Gasteiger partial charge in [-0.25, -0.2) is 4.79 Å². The van der Waals surface area contributed by atoms with E-state index in [1.54, 1.807) is 0 Å². The SMILES string of the molecule is COC(=O)C1=CC2[N-]C2C(C)C1.[Ac]. The van der Waals surface area contributed by atoms with Crippen LogP contribution in [0.1, 0.15) is 13.3 Å². The molecule has 0 aromatic rings. The third kappa shape index (κ3) is 2.34. The molecule has 0 spiro atoms. The van der Waals surface area contributed by atoms with Gasteiger partial charge in [-0.2, -0.15) is 0 Å². The molecule has 0 N–H and O–H groups in total. The van der Waals surface area contributed by atoms with E-state index < -0.39 is 0 Å². The van der Waals surface area contributed by atoms with Crippen LogP contribution in [0.4, 0.5) is 0 Å². The molecular formula is C9H12AcNO2-. The first-order chi connectivity index (χ1) is 5.72. The van der Waals surface area contributed by atoms with E-state index >= 15 is 0 Å². The average Bonchev–Trinajstić information content (AvgIpc) is 2.82. The van der Waals surface area contributed by atoms with Crippen LogP contribution < -0.4 is 0 Å². The summed E-state index contributed by atoms with van der Waals surface area (Å²) in [6.07, 6.45) is 2.76. The Balaban J connectivity index is 0.000000845. The number of carbonyl (C=O) groups excluding carboxylic acids is 1. The summed E-state index contributed by atoms with van der Waals surface area (Å²) in [6, 6.07) is 0.793. The minimum atomic E-state index is -0.192. The summed E-state index contributed by atoms with van der Waals surface area (Å²) < 4.78 is 4.66. The minimum absolute atomic E-state index is 0. The molecule has 3 atom stereocenters. The second kappa shape index (κ2) is 4.42. The number of hydrogen-bond acceptors (Lipinski definition) is 2. The van der Waals surface area contributed by atoms with Crippen LogP contribution in [0.2, 0.25) is 0 Å². The summed E-state index contributed by atoms with van der Waals surface area (Å²) in [7, 11) is 1.42. The van der Waals surface area contributed by atoms with E-state index in [1.807, 2.05) is 6.08 Å². The molecule has 69 valence electrons. The molecule has 0 bridgehead atoms. The van der Waals surface area contributed by atoms with Crippen LogP contribution >= 0.6 is 0 Å². The van der Waals surface area contributed by atoms with Gasteiger partial charge in [-0.05, 0) is 6.42 Å². The van der Waals surface area contributed by atoms with E-state index in [4.69, 9.17) is 0 Å². The fraction of sp³-hybridized carbons (Fsp3) is 0.667. The van der Waals surface area contributed by atoms with Crippen molar-refractivity contribution in [1.82, 2.24) is 0 Å². The number of rotatable bonds is 1. The topological polar surface area (TPSA) is 40.4 Å². The zero-order valence-electron chi connectivity index (χ0n) is 7.86. The van der Waals surface area contributed by atoms with Crippen LogP contribution in [0, 0.1) is 50.0 Å². The molecule has 13 heavy (non-hydrogen) atoms. The Morgan fingerprint density at radius 1 is 1.69 bits per heavy atom. The zero-order chi connectivity index (χ0) is 8.72. The predicted octanol–water partition coefficient (Wildman–Crippen LogP) is 1.25. The summed E-state index contributed by atoms with van der Waals surface area (Å²) in [6.45, 7) is 2.13. The second-order valence-corrected chi connectivity index (χ2v) is 3.50. The number of fused-ring (bicyclic) bond motifs is 1. The Morgan fingerprint density at radius 2 is 2.38 bits per heavy atom. The van der Waals surface area contributed by atoms with Crippen LogP contribution in [0.3, 0.4) is 0 Å². The summed E-state index contributed by atoms with van der Waals surface area (Å²) >= 11 is 0. The van der Waals surface area contributed by atoms with Crippen molar-refractivity contribution in [2.45, 2.75) is 25.4 Å². The fourth-order valence-corrected chi connectivity index (χ4v) is 1.80. The molecule has 0 saturated carbocycles. The maximum absolute atomic E-state index is 11.1. The molecule has 1 radical (unpaired) electrons. The van der Waals surface area contributed by atoms with Gasteiger partial charge >= 0.3 is 5.97 Å². The molecular weight excluding hydrogens is 381 g/mol. The number of nitrogens with zero attached hydrogens (tertiary/aromatic N) is 1. The molecule has 4 heteroatoms. The van der Waals surface area contributed by atoms with Crippen LogP contribution in [0.15, 0.2) is 11.6 Å². The van der Waals surface area contributed by atoms with Gasteiger partial charge in [-0.15, -0.1) is 12.1 Å². The van der Waals surface area contributed by atoms with E-state index in [2.05, 4.69) is 17.0 Å². The normalized spacial score (nSPS) is 35.2. The average molecular weight is 393 g/mol. The van der Waals surface area contributed by atoms with Crippen molar-refractivity contribution < 1.29 is 53.6 Å². The summed E-state index contributed by atoms with van der Waals surface area (Å²) in [5.41, 5.74) is 0.799. The maximum atomic E-state index is 11.1. The Bertz CT molecular complexity index is 252. The molecule has 2 aliphatic rings. The standard InChI is InChI=1S/C9H12NO2.Ac/c1-5-3-6(9(11)12-2)4-7-8(5)10-7;/h4-5,7-8H,3H2,1-2H3;/q-1;. The molecule has 0 aromatic carbocycles. The van der Waals surface area contributed by atoms with E-state index in [0.717, 1.165) is 12.0 Å².